The van der Waals surface area contributed by atoms with E-state index in [0.29, 0.717) is 30.3 Å². The molecule has 2 aliphatic rings. The monoisotopic (exact) mass is 505 g/mol. The van der Waals surface area contributed by atoms with Crippen LogP contribution in [0, 0.1) is 0 Å². The lowest BCUT2D eigenvalue weighted by Gasteiger charge is -2.32. The van der Waals surface area contributed by atoms with Crippen LogP contribution >= 0.6 is 19.2 Å². The summed E-state index contributed by atoms with van der Waals surface area (Å²) >= 11 is 6.18. The summed E-state index contributed by atoms with van der Waals surface area (Å²) in [5.74, 6) is 0.638. The first-order valence-electron chi connectivity index (χ1n) is 11.0. The van der Waals surface area contributed by atoms with Crippen molar-refractivity contribution in [1.82, 2.24) is 19.7 Å². The van der Waals surface area contributed by atoms with Gasteiger partial charge in [-0.25, -0.2) is 4.68 Å². The Bertz CT molecular complexity index is 1010. The lowest BCUT2D eigenvalue weighted by atomic mass is 10.2. The predicted octanol–water partition coefficient (Wildman–Crippen LogP) is 1.78. The lowest BCUT2D eigenvalue weighted by Crippen LogP contribution is -2.40. The summed E-state index contributed by atoms with van der Waals surface area (Å²) in [6, 6.07) is 0.339. The molecule has 12 nitrogen and oxygen atoms in total. The van der Waals surface area contributed by atoms with Gasteiger partial charge in [-0.3, -0.25) is 4.57 Å². The number of nitrogens with one attached hydrogen (secondary N) is 1. The van der Waals surface area contributed by atoms with Crippen molar-refractivity contribution in [3.8, 4) is 0 Å². The average Bonchev–Trinajstić information content (AvgIpc) is 3.51. The number of nitrogens with zero attached hydrogens (tertiary/aromatic N) is 4. The van der Waals surface area contributed by atoms with E-state index in [9.17, 15) is 24.6 Å². The maximum atomic E-state index is 11.9. The molecule has 2 fully saturated rings. The number of ether oxygens (including phenoxy) is 2. The molecule has 33 heavy (non-hydrogen) atoms. The molecule has 3 heterocycles. The maximum Gasteiger partial charge on any atom is 0.359 e. The van der Waals surface area contributed by atoms with E-state index in [1.165, 1.54) is 12.8 Å². The standard InChI is InChI=1S/C19H29ClN5O7P/c20-18-23-16(22-12-3-1-2-4-12)14-9-21-25(17(14)24-18)15-6-5-13(32-15)10-31-19(11-27,7-8-26)33(28,29)30/h9,12-13,15,26-27H,1-8,10-11H2,(H,22,23,24)(H2,28,29,30). The van der Waals surface area contributed by atoms with Gasteiger partial charge in [0.05, 0.1) is 30.9 Å². The Kier molecular flexibility index (Phi) is 7.56. The molecule has 2 aromatic heterocycles. The quantitative estimate of drug-likeness (QED) is 0.235. The van der Waals surface area contributed by atoms with Crippen LogP contribution in [0.1, 0.15) is 51.2 Å². The summed E-state index contributed by atoms with van der Waals surface area (Å²) in [7, 11) is -4.84. The van der Waals surface area contributed by atoms with E-state index in [1.807, 2.05) is 0 Å². The van der Waals surface area contributed by atoms with E-state index in [0.717, 1.165) is 18.2 Å². The smallest absolute Gasteiger partial charge is 0.359 e. The number of hydrogen-bond acceptors (Lipinski definition) is 9. The van der Waals surface area contributed by atoms with Crippen LogP contribution < -0.4 is 5.32 Å². The second kappa shape index (κ2) is 10.1. The van der Waals surface area contributed by atoms with E-state index in [-0.39, 0.29) is 11.9 Å². The molecule has 1 aliphatic carbocycles. The van der Waals surface area contributed by atoms with Gasteiger partial charge in [-0.15, -0.1) is 0 Å². The zero-order chi connectivity index (χ0) is 23.6. The maximum absolute atomic E-state index is 11.9. The van der Waals surface area contributed by atoms with Gasteiger partial charge < -0.3 is 34.8 Å². The van der Waals surface area contributed by atoms with Crippen molar-refractivity contribution >= 4 is 36.0 Å². The van der Waals surface area contributed by atoms with Crippen LogP contribution in [0.4, 0.5) is 5.82 Å². The molecule has 1 saturated heterocycles. The number of aliphatic hydroxyl groups is 2. The van der Waals surface area contributed by atoms with Gasteiger partial charge in [-0.1, -0.05) is 12.8 Å². The molecule has 3 unspecified atom stereocenters. The van der Waals surface area contributed by atoms with Gasteiger partial charge >= 0.3 is 7.60 Å². The van der Waals surface area contributed by atoms with Gasteiger partial charge in [0.15, 0.2) is 17.2 Å². The normalized spacial score (nSPS) is 23.9. The highest BCUT2D eigenvalue weighted by molar-refractivity contribution is 7.53. The molecule has 3 atom stereocenters. The van der Waals surface area contributed by atoms with Crippen molar-refractivity contribution in [2.24, 2.45) is 0 Å². The fourth-order valence-corrected chi connectivity index (χ4v) is 5.40. The largest absolute Gasteiger partial charge is 0.396 e. The number of aromatic nitrogens is 4. The van der Waals surface area contributed by atoms with E-state index < -0.39 is 44.9 Å². The fourth-order valence-electron chi connectivity index (χ4n) is 4.41. The summed E-state index contributed by atoms with van der Waals surface area (Å²) in [6.45, 7) is -1.63. The van der Waals surface area contributed by atoms with Crippen LogP contribution in [-0.2, 0) is 14.0 Å². The molecule has 4 rings (SSSR count). The summed E-state index contributed by atoms with van der Waals surface area (Å²) in [6.07, 6.45) is 5.92. The van der Waals surface area contributed by atoms with Gasteiger partial charge in [0, 0.05) is 19.1 Å². The van der Waals surface area contributed by atoms with E-state index >= 15 is 0 Å². The second-order valence-electron chi connectivity index (χ2n) is 8.52. The summed E-state index contributed by atoms with van der Waals surface area (Å²) in [4.78, 5) is 27.9. The molecule has 1 aliphatic heterocycles. The van der Waals surface area contributed by atoms with Crippen LogP contribution in [-0.4, -0.2) is 77.1 Å². The highest BCUT2D eigenvalue weighted by Crippen LogP contribution is 2.53. The number of halogens is 1. The third kappa shape index (κ3) is 5.18. The Labute approximate surface area is 195 Å². The van der Waals surface area contributed by atoms with Crippen LogP contribution in [0.25, 0.3) is 11.0 Å². The molecule has 184 valence electrons. The topological polar surface area (TPSA) is 172 Å². The number of hydrogen-bond donors (Lipinski definition) is 5. The van der Waals surface area contributed by atoms with Gasteiger partial charge in [-0.2, -0.15) is 15.1 Å². The Morgan fingerprint density at radius 3 is 2.67 bits per heavy atom. The molecule has 2 aromatic rings. The molecule has 0 amide bonds. The van der Waals surface area contributed by atoms with Crippen LogP contribution in [0.3, 0.4) is 0 Å². The highest BCUT2D eigenvalue weighted by Gasteiger charge is 2.48. The van der Waals surface area contributed by atoms with Crippen molar-refractivity contribution in [3.63, 3.8) is 0 Å². The fraction of sp³-hybridized carbons (Fsp3) is 0.737. The molecule has 0 spiro atoms. The molecule has 1 saturated carbocycles. The number of aliphatic hydroxyl groups excluding tert-OH is 2. The van der Waals surface area contributed by atoms with Gasteiger partial charge in [0.2, 0.25) is 5.28 Å². The van der Waals surface area contributed by atoms with Crippen molar-refractivity contribution < 1.29 is 34.0 Å². The van der Waals surface area contributed by atoms with Gasteiger partial charge in [0.1, 0.15) is 5.82 Å². The summed E-state index contributed by atoms with van der Waals surface area (Å²) in [5, 5.41) is 25.3. The Morgan fingerprint density at radius 1 is 1.24 bits per heavy atom. The van der Waals surface area contributed by atoms with Crippen molar-refractivity contribution in [2.45, 2.75) is 68.7 Å². The number of rotatable bonds is 10. The SMILES string of the molecule is O=P(O)(O)C(CO)(CCO)OCC1CCC(n2ncc3c(NC4CCCC4)nc(Cl)nc32)O1. The lowest BCUT2D eigenvalue weighted by molar-refractivity contribution is -0.100. The highest BCUT2D eigenvalue weighted by atomic mass is 35.5. The number of fused-ring (bicyclic) bond motifs is 1. The first kappa shape index (κ1) is 24.7. The minimum Gasteiger partial charge on any atom is -0.396 e. The van der Waals surface area contributed by atoms with E-state index in [4.69, 9.17) is 21.1 Å². The summed E-state index contributed by atoms with van der Waals surface area (Å²) < 4.78 is 25.0. The Hall–Kier alpha value is -1.37. The Morgan fingerprint density at radius 2 is 2.00 bits per heavy atom. The average molecular weight is 506 g/mol. The molecule has 5 N–H and O–H groups in total. The van der Waals surface area contributed by atoms with Crippen molar-refractivity contribution in [1.29, 1.82) is 0 Å². The zero-order valence-corrected chi connectivity index (χ0v) is 19.7. The van der Waals surface area contributed by atoms with Crippen LogP contribution in [0.5, 0.6) is 0 Å². The van der Waals surface area contributed by atoms with E-state index in [2.05, 4.69) is 20.4 Å². The number of anilines is 1. The van der Waals surface area contributed by atoms with E-state index in [1.54, 1.807) is 10.9 Å². The Balaban J connectivity index is 1.47. The first-order chi connectivity index (χ1) is 15.8. The third-order valence-electron chi connectivity index (χ3n) is 6.30. The molecular weight excluding hydrogens is 477 g/mol. The zero-order valence-electron chi connectivity index (χ0n) is 18.0. The van der Waals surface area contributed by atoms with Crippen molar-refractivity contribution in [2.75, 3.05) is 25.1 Å². The molecule has 0 aromatic carbocycles. The first-order valence-corrected chi connectivity index (χ1v) is 13.0. The third-order valence-corrected chi connectivity index (χ3v) is 8.02. The van der Waals surface area contributed by atoms with Gasteiger partial charge in [0.25, 0.3) is 0 Å². The minimum absolute atomic E-state index is 0.0982. The molecular formula is C19H29ClN5O7P. The van der Waals surface area contributed by atoms with Gasteiger partial charge in [-0.05, 0) is 37.3 Å². The molecule has 0 radical (unpaired) electrons. The minimum atomic E-state index is -4.84. The second-order valence-corrected chi connectivity index (χ2v) is 10.8. The van der Waals surface area contributed by atoms with Crippen molar-refractivity contribution in [3.05, 3.63) is 11.5 Å². The predicted molar refractivity (Wildman–Crippen MR) is 119 cm³/mol. The van der Waals surface area contributed by atoms with Crippen LogP contribution in [0.2, 0.25) is 5.28 Å². The molecule has 14 heteroatoms. The summed E-state index contributed by atoms with van der Waals surface area (Å²) in [5.41, 5.74) is 0.530. The van der Waals surface area contributed by atoms with Crippen LogP contribution in [0.15, 0.2) is 6.20 Å². The molecule has 0 bridgehead atoms.